The first-order valence-corrected chi connectivity index (χ1v) is 10.8. The van der Waals surface area contributed by atoms with Crippen molar-refractivity contribution in [2.24, 2.45) is 5.73 Å². The Labute approximate surface area is 188 Å². The van der Waals surface area contributed by atoms with E-state index in [4.69, 9.17) is 10.5 Å². The van der Waals surface area contributed by atoms with Crippen LogP contribution in [0.25, 0.3) is 11.1 Å². The van der Waals surface area contributed by atoms with Gasteiger partial charge in [0.2, 0.25) is 5.91 Å². The van der Waals surface area contributed by atoms with Gasteiger partial charge in [-0.1, -0.05) is 60.7 Å². The molecule has 2 heterocycles. The molecule has 4 rings (SSSR count). The maximum Gasteiger partial charge on any atom is 0.411 e. The van der Waals surface area contributed by atoms with Crippen molar-refractivity contribution in [3.63, 3.8) is 0 Å². The second-order valence-electron chi connectivity index (χ2n) is 8.18. The largest absolute Gasteiger partial charge is 0.438 e. The number of benzene rings is 2. The van der Waals surface area contributed by atoms with Gasteiger partial charge in [-0.15, -0.1) is 0 Å². The Bertz CT molecular complexity index is 1070. The Morgan fingerprint density at radius 3 is 2.47 bits per heavy atom. The van der Waals surface area contributed by atoms with Crippen molar-refractivity contribution in [3.8, 4) is 11.1 Å². The first-order valence-electron chi connectivity index (χ1n) is 10.8. The van der Waals surface area contributed by atoms with Crippen molar-refractivity contribution >= 4 is 12.0 Å². The minimum Gasteiger partial charge on any atom is -0.438 e. The molecule has 0 unspecified atom stereocenters. The van der Waals surface area contributed by atoms with Crippen LogP contribution in [0.4, 0.5) is 4.79 Å². The quantitative estimate of drug-likeness (QED) is 0.584. The number of nitrogens with zero attached hydrogens (tertiary/aromatic N) is 2. The molecule has 2 N–H and O–H groups in total. The maximum absolute atomic E-state index is 13.1. The molecule has 0 saturated carbocycles. The molecule has 0 aliphatic carbocycles. The van der Waals surface area contributed by atoms with Gasteiger partial charge in [-0.2, -0.15) is 0 Å². The van der Waals surface area contributed by atoms with E-state index in [1.54, 1.807) is 11.1 Å². The predicted molar refractivity (Wildman–Crippen MR) is 122 cm³/mol. The third kappa shape index (κ3) is 4.49. The van der Waals surface area contributed by atoms with Gasteiger partial charge in [0.15, 0.2) is 0 Å². The standard InChI is InChI=1S/C26H27N3O3/c1-19(20-9-11-21(12-10-20)22-6-5-16-28-18-22)29-17-15-26(32-25(29)31,14-13-24(27)30)23-7-3-2-4-8-23/h2-12,16,18-19H,13-15,17H2,1H3,(H2,27,30)/t19-,26-/m0/s1. The fraction of sp³-hybridized carbons (Fsp3) is 0.269. The van der Waals surface area contributed by atoms with Gasteiger partial charge in [0.05, 0.1) is 6.04 Å². The summed E-state index contributed by atoms with van der Waals surface area (Å²) in [5.74, 6) is -0.402. The number of cyclic esters (lactones) is 1. The number of primary amides is 1. The van der Waals surface area contributed by atoms with E-state index in [2.05, 4.69) is 4.98 Å². The lowest BCUT2D eigenvalue weighted by molar-refractivity contribution is -0.121. The topological polar surface area (TPSA) is 85.5 Å². The van der Waals surface area contributed by atoms with Gasteiger partial charge in [-0.3, -0.25) is 9.78 Å². The van der Waals surface area contributed by atoms with Gasteiger partial charge >= 0.3 is 6.09 Å². The SMILES string of the molecule is C[C@@H](c1ccc(-c2cccnc2)cc1)N1CC[C@@](CCC(N)=O)(c2ccccc2)OC1=O. The van der Waals surface area contributed by atoms with Crippen molar-refractivity contribution in [1.29, 1.82) is 0 Å². The monoisotopic (exact) mass is 429 g/mol. The normalized spacial score (nSPS) is 19.3. The number of ether oxygens (including phenoxy) is 1. The van der Waals surface area contributed by atoms with E-state index in [0.717, 1.165) is 22.3 Å². The molecule has 3 aromatic rings. The minimum atomic E-state index is -0.840. The third-order valence-corrected chi connectivity index (χ3v) is 6.20. The third-order valence-electron chi connectivity index (χ3n) is 6.20. The lowest BCUT2D eigenvalue weighted by Crippen LogP contribution is -2.49. The maximum atomic E-state index is 13.1. The summed E-state index contributed by atoms with van der Waals surface area (Å²) in [7, 11) is 0. The molecule has 32 heavy (non-hydrogen) atoms. The van der Waals surface area contributed by atoms with Crippen LogP contribution in [0.15, 0.2) is 79.1 Å². The van der Waals surface area contributed by atoms with E-state index < -0.39 is 11.5 Å². The van der Waals surface area contributed by atoms with Gasteiger partial charge in [-0.05, 0) is 35.2 Å². The average molecular weight is 430 g/mol. The Kier molecular flexibility index (Phi) is 6.21. The number of nitrogens with two attached hydrogens (primary N) is 1. The van der Waals surface area contributed by atoms with Crippen molar-refractivity contribution in [2.75, 3.05) is 6.54 Å². The number of rotatable bonds is 7. The zero-order chi connectivity index (χ0) is 22.6. The highest BCUT2D eigenvalue weighted by Crippen LogP contribution is 2.40. The van der Waals surface area contributed by atoms with E-state index in [1.807, 2.05) is 79.9 Å². The first-order chi connectivity index (χ1) is 15.5. The molecule has 6 nitrogen and oxygen atoms in total. The van der Waals surface area contributed by atoms with Crippen LogP contribution in [0.3, 0.4) is 0 Å². The number of hydrogen-bond acceptors (Lipinski definition) is 4. The number of carbonyl (C=O) groups is 2. The highest BCUT2D eigenvalue weighted by atomic mass is 16.6. The molecule has 2 aromatic carbocycles. The van der Waals surface area contributed by atoms with Crippen LogP contribution in [0.1, 0.15) is 43.4 Å². The van der Waals surface area contributed by atoms with Gasteiger partial charge in [0, 0.05) is 38.2 Å². The van der Waals surface area contributed by atoms with Crippen LogP contribution < -0.4 is 5.73 Å². The van der Waals surface area contributed by atoms with Crippen LogP contribution >= 0.6 is 0 Å². The summed E-state index contributed by atoms with van der Waals surface area (Å²) in [6.07, 6.45) is 4.33. The van der Waals surface area contributed by atoms with Crippen molar-refractivity contribution in [1.82, 2.24) is 9.88 Å². The highest BCUT2D eigenvalue weighted by Gasteiger charge is 2.43. The molecular formula is C26H27N3O3. The van der Waals surface area contributed by atoms with E-state index in [1.165, 1.54) is 0 Å². The lowest BCUT2D eigenvalue weighted by atomic mass is 9.84. The molecule has 2 amide bonds. The summed E-state index contributed by atoms with van der Waals surface area (Å²) in [5, 5.41) is 0. The zero-order valence-corrected chi connectivity index (χ0v) is 18.1. The van der Waals surface area contributed by atoms with Crippen molar-refractivity contribution in [3.05, 3.63) is 90.3 Å². The van der Waals surface area contributed by atoms with Crippen LogP contribution in [0, 0.1) is 0 Å². The van der Waals surface area contributed by atoms with Crippen LogP contribution in [-0.2, 0) is 15.1 Å². The van der Waals surface area contributed by atoms with E-state index in [0.29, 0.717) is 19.4 Å². The number of pyridine rings is 1. The van der Waals surface area contributed by atoms with Crippen LogP contribution in [-0.4, -0.2) is 28.4 Å². The summed E-state index contributed by atoms with van der Waals surface area (Å²) >= 11 is 0. The fourth-order valence-corrected chi connectivity index (χ4v) is 4.28. The molecule has 1 saturated heterocycles. The Morgan fingerprint density at radius 1 is 1.09 bits per heavy atom. The number of aromatic nitrogens is 1. The van der Waals surface area contributed by atoms with E-state index in [-0.39, 0.29) is 18.6 Å². The first kappa shape index (κ1) is 21.6. The molecule has 164 valence electrons. The second kappa shape index (κ2) is 9.22. The molecule has 0 bridgehead atoms. The second-order valence-corrected chi connectivity index (χ2v) is 8.18. The number of carbonyl (C=O) groups excluding carboxylic acids is 2. The molecule has 0 spiro atoms. The summed E-state index contributed by atoms with van der Waals surface area (Å²) in [5.41, 5.74) is 8.59. The summed E-state index contributed by atoms with van der Waals surface area (Å²) in [6, 6.07) is 21.5. The molecule has 0 radical (unpaired) electrons. The average Bonchev–Trinajstić information content (AvgIpc) is 2.83. The van der Waals surface area contributed by atoms with E-state index >= 15 is 0 Å². The Morgan fingerprint density at radius 2 is 1.84 bits per heavy atom. The smallest absolute Gasteiger partial charge is 0.411 e. The Balaban J connectivity index is 1.51. The van der Waals surface area contributed by atoms with E-state index in [9.17, 15) is 9.59 Å². The minimum absolute atomic E-state index is 0.143. The van der Waals surface area contributed by atoms with Crippen molar-refractivity contribution in [2.45, 2.75) is 37.8 Å². The number of amides is 2. The fourth-order valence-electron chi connectivity index (χ4n) is 4.28. The highest BCUT2D eigenvalue weighted by molar-refractivity contribution is 5.74. The van der Waals surface area contributed by atoms with Gasteiger partial charge in [0.1, 0.15) is 5.60 Å². The molecule has 1 aliphatic heterocycles. The van der Waals surface area contributed by atoms with Gasteiger partial charge in [-0.25, -0.2) is 4.79 Å². The molecule has 2 atom stereocenters. The molecule has 1 aliphatic rings. The predicted octanol–water partition coefficient (Wildman–Crippen LogP) is 4.81. The van der Waals surface area contributed by atoms with Gasteiger partial charge < -0.3 is 15.4 Å². The number of hydrogen-bond donors (Lipinski definition) is 1. The summed E-state index contributed by atoms with van der Waals surface area (Å²) in [4.78, 5) is 30.5. The molecular weight excluding hydrogens is 402 g/mol. The Hall–Kier alpha value is -3.67. The van der Waals surface area contributed by atoms with Crippen molar-refractivity contribution < 1.29 is 14.3 Å². The van der Waals surface area contributed by atoms with Crippen LogP contribution in [0.5, 0.6) is 0 Å². The zero-order valence-electron chi connectivity index (χ0n) is 18.1. The lowest BCUT2D eigenvalue weighted by Gasteiger charge is -2.43. The summed E-state index contributed by atoms with van der Waals surface area (Å²) in [6.45, 7) is 2.53. The molecule has 6 heteroatoms. The molecule has 1 fully saturated rings. The molecule has 1 aromatic heterocycles. The van der Waals surface area contributed by atoms with Gasteiger partial charge in [0.25, 0.3) is 0 Å². The van der Waals surface area contributed by atoms with Crippen LogP contribution in [0.2, 0.25) is 0 Å². The summed E-state index contributed by atoms with van der Waals surface area (Å²) < 4.78 is 6.03.